The number of fused-ring (bicyclic) bond motifs is 2. The monoisotopic (exact) mass is 169 g/mol. The lowest BCUT2D eigenvalue weighted by molar-refractivity contribution is -0.108. The molecule has 0 aliphatic carbocycles. The molecule has 0 aromatic heterocycles. The summed E-state index contributed by atoms with van der Waals surface area (Å²) in [7, 11) is 0. The van der Waals surface area contributed by atoms with Crippen molar-refractivity contribution in [1.82, 2.24) is 4.90 Å². The highest BCUT2D eigenvalue weighted by molar-refractivity contribution is 5.49. The lowest BCUT2D eigenvalue weighted by Crippen LogP contribution is -2.42. The molecule has 3 heteroatoms. The molecule has 2 heterocycles. The van der Waals surface area contributed by atoms with Crippen LogP contribution in [0.3, 0.4) is 0 Å². The Labute approximate surface area is 72.7 Å². The van der Waals surface area contributed by atoms with Gasteiger partial charge in [0.15, 0.2) is 0 Å². The maximum Gasteiger partial charge on any atom is 0.121 e. The second kappa shape index (κ2) is 3.54. The number of hydrogen-bond donors (Lipinski definition) is 0. The van der Waals surface area contributed by atoms with Crippen molar-refractivity contribution in [2.75, 3.05) is 19.6 Å². The van der Waals surface area contributed by atoms with Gasteiger partial charge in [0.1, 0.15) is 6.29 Å². The van der Waals surface area contributed by atoms with Gasteiger partial charge < -0.3 is 9.53 Å². The van der Waals surface area contributed by atoms with E-state index in [0.29, 0.717) is 18.6 Å². The van der Waals surface area contributed by atoms with Gasteiger partial charge in [0.2, 0.25) is 0 Å². The number of likely N-dealkylation sites (tertiary alicyclic amines) is 1. The molecule has 2 aliphatic rings. The Hall–Kier alpha value is -0.410. The fourth-order valence-electron chi connectivity index (χ4n) is 2.12. The molecule has 2 saturated heterocycles. The Morgan fingerprint density at radius 2 is 2.00 bits per heavy atom. The van der Waals surface area contributed by atoms with E-state index in [0.717, 1.165) is 25.9 Å². The van der Waals surface area contributed by atoms with Crippen LogP contribution in [-0.2, 0) is 9.53 Å². The highest BCUT2D eigenvalue weighted by Gasteiger charge is 2.32. The smallest absolute Gasteiger partial charge is 0.121 e. The summed E-state index contributed by atoms with van der Waals surface area (Å²) in [4.78, 5) is 12.5. The van der Waals surface area contributed by atoms with E-state index in [1.165, 1.54) is 12.8 Å². The number of morpholine rings is 1. The van der Waals surface area contributed by atoms with Crippen LogP contribution in [0.1, 0.15) is 19.3 Å². The molecule has 12 heavy (non-hydrogen) atoms. The van der Waals surface area contributed by atoms with E-state index >= 15 is 0 Å². The third-order valence-electron chi connectivity index (χ3n) is 2.68. The maximum absolute atomic E-state index is 10.2. The molecule has 2 rings (SSSR count). The average molecular weight is 169 g/mol. The number of carbonyl (C=O) groups excluding carboxylic acids is 1. The van der Waals surface area contributed by atoms with Crippen LogP contribution < -0.4 is 0 Å². The molecule has 2 atom stereocenters. The summed E-state index contributed by atoms with van der Waals surface area (Å²) in [5.74, 6) is 0. The molecule has 2 unspecified atom stereocenters. The van der Waals surface area contributed by atoms with Crippen molar-refractivity contribution < 1.29 is 9.53 Å². The highest BCUT2D eigenvalue weighted by atomic mass is 16.5. The minimum Gasteiger partial charge on any atom is -0.372 e. The SMILES string of the molecule is O=CCCN1CC2CCC(C1)O2. The molecule has 0 amide bonds. The van der Waals surface area contributed by atoms with E-state index in [1.807, 2.05) is 0 Å². The van der Waals surface area contributed by atoms with Crippen molar-refractivity contribution >= 4 is 6.29 Å². The van der Waals surface area contributed by atoms with Gasteiger partial charge in [-0.3, -0.25) is 4.90 Å². The molecule has 2 bridgehead atoms. The molecule has 2 fully saturated rings. The van der Waals surface area contributed by atoms with E-state index in [4.69, 9.17) is 4.74 Å². The fraction of sp³-hybridized carbons (Fsp3) is 0.889. The third kappa shape index (κ3) is 1.67. The first-order chi connectivity index (χ1) is 5.88. The Bertz CT molecular complexity index is 160. The number of aldehydes is 1. The molecule has 0 spiro atoms. The van der Waals surface area contributed by atoms with Gasteiger partial charge in [-0.15, -0.1) is 0 Å². The topological polar surface area (TPSA) is 29.5 Å². The van der Waals surface area contributed by atoms with Gasteiger partial charge in [-0.2, -0.15) is 0 Å². The molecule has 0 aromatic rings. The Kier molecular flexibility index (Phi) is 2.42. The quantitative estimate of drug-likeness (QED) is 0.574. The summed E-state index contributed by atoms with van der Waals surface area (Å²) in [5, 5.41) is 0. The lowest BCUT2D eigenvalue weighted by Gasteiger charge is -2.31. The summed E-state index contributed by atoms with van der Waals surface area (Å²) in [5.41, 5.74) is 0. The Morgan fingerprint density at radius 3 is 2.58 bits per heavy atom. The first-order valence-corrected chi connectivity index (χ1v) is 4.70. The summed E-state index contributed by atoms with van der Waals surface area (Å²) in [6, 6.07) is 0. The second-order valence-corrected chi connectivity index (χ2v) is 3.67. The van der Waals surface area contributed by atoms with Gasteiger partial charge in [-0.05, 0) is 12.8 Å². The summed E-state index contributed by atoms with van der Waals surface area (Å²) in [6.07, 6.45) is 4.99. The standard InChI is InChI=1S/C9H15NO2/c11-5-1-4-10-6-8-2-3-9(7-10)12-8/h5,8-9H,1-4,6-7H2. The van der Waals surface area contributed by atoms with Crippen LogP contribution in [0.15, 0.2) is 0 Å². The minimum atomic E-state index is 0.454. The van der Waals surface area contributed by atoms with Crippen molar-refractivity contribution in [2.45, 2.75) is 31.5 Å². The number of hydrogen-bond acceptors (Lipinski definition) is 3. The predicted molar refractivity (Wildman–Crippen MR) is 45.0 cm³/mol. The highest BCUT2D eigenvalue weighted by Crippen LogP contribution is 2.25. The molecule has 2 aliphatic heterocycles. The van der Waals surface area contributed by atoms with Crippen LogP contribution in [0.25, 0.3) is 0 Å². The molecular weight excluding hydrogens is 154 g/mol. The lowest BCUT2D eigenvalue weighted by atomic mass is 10.2. The first-order valence-electron chi connectivity index (χ1n) is 4.70. The van der Waals surface area contributed by atoms with Gasteiger partial charge in [0.25, 0.3) is 0 Å². The zero-order valence-electron chi connectivity index (χ0n) is 7.24. The zero-order chi connectivity index (χ0) is 8.39. The predicted octanol–water partition coefficient (Wildman–Crippen LogP) is 0.439. The molecule has 68 valence electrons. The van der Waals surface area contributed by atoms with Crippen LogP contribution >= 0.6 is 0 Å². The van der Waals surface area contributed by atoms with Gasteiger partial charge in [-0.25, -0.2) is 0 Å². The number of ether oxygens (including phenoxy) is 1. The van der Waals surface area contributed by atoms with Gasteiger partial charge >= 0.3 is 0 Å². The van der Waals surface area contributed by atoms with E-state index < -0.39 is 0 Å². The Balaban J connectivity index is 1.81. The van der Waals surface area contributed by atoms with Crippen LogP contribution in [0.4, 0.5) is 0 Å². The second-order valence-electron chi connectivity index (χ2n) is 3.67. The summed E-state index contributed by atoms with van der Waals surface area (Å²) < 4.78 is 5.68. The molecule has 0 N–H and O–H groups in total. The number of carbonyl (C=O) groups is 1. The fourth-order valence-corrected chi connectivity index (χ4v) is 2.12. The van der Waals surface area contributed by atoms with Gasteiger partial charge in [-0.1, -0.05) is 0 Å². The van der Waals surface area contributed by atoms with Crippen LogP contribution in [0.5, 0.6) is 0 Å². The van der Waals surface area contributed by atoms with Gasteiger partial charge in [0.05, 0.1) is 12.2 Å². The average Bonchev–Trinajstić information content (AvgIpc) is 2.42. The molecule has 3 nitrogen and oxygen atoms in total. The minimum absolute atomic E-state index is 0.454. The van der Waals surface area contributed by atoms with E-state index in [9.17, 15) is 4.79 Å². The molecular formula is C9H15NO2. The number of rotatable bonds is 3. The summed E-state index contributed by atoms with van der Waals surface area (Å²) in [6.45, 7) is 2.98. The molecule has 0 aromatic carbocycles. The van der Waals surface area contributed by atoms with Crippen LogP contribution in [0, 0.1) is 0 Å². The van der Waals surface area contributed by atoms with E-state index in [-0.39, 0.29) is 0 Å². The number of nitrogens with zero attached hydrogens (tertiary/aromatic N) is 1. The Morgan fingerprint density at radius 1 is 1.33 bits per heavy atom. The largest absolute Gasteiger partial charge is 0.372 e. The van der Waals surface area contributed by atoms with Crippen LogP contribution in [0.2, 0.25) is 0 Å². The summed E-state index contributed by atoms with van der Waals surface area (Å²) >= 11 is 0. The van der Waals surface area contributed by atoms with Crippen molar-refractivity contribution in [2.24, 2.45) is 0 Å². The van der Waals surface area contributed by atoms with E-state index in [2.05, 4.69) is 4.90 Å². The maximum atomic E-state index is 10.2. The van der Waals surface area contributed by atoms with Crippen molar-refractivity contribution in [1.29, 1.82) is 0 Å². The normalized spacial score (nSPS) is 35.3. The van der Waals surface area contributed by atoms with Crippen LogP contribution in [-0.4, -0.2) is 43.0 Å². The zero-order valence-corrected chi connectivity index (χ0v) is 7.24. The van der Waals surface area contributed by atoms with Crippen molar-refractivity contribution in [3.8, 4) is 0 Å². The van der Waals surface area contributed by atoms with Gasteiger partial charge in [0, 0.05) is 26.1 Å². The van der Waals surface area contributed by atoms with E-state index in [1.54, 1.807) is 0 Å². The van der Waals surface area contributed by atoms with Crippen molar-refractivity contribution in [3.05, 3.63) is 0 Å². The molecule has 0 saturated carbocycles. The first kappa shape index (κ1) is 8.20. The molecule has 0 radical (unpaired) electrons. The van der Waals surface area contributed by atoms with Crippen molar-refractivity contribution in [3.63, 3.8) is 0 Å². The third-order valence-corrected chi connectivity index (χ3v) is 2.68.